The van der Waals surface area contributed by atoms with Gasteiger partial charge >= 0.3 is 0 Å². The molecule has 0 nitrogen and oxygen atoms in total. The summed E-state index contributed by atoms with van der Waals surface area (Å²) in [5.41, 5.74) is 8.22. The third kappa shape index (κ3) is 3.04. The summed E-state index contributed by atoms with van der Waals surface area (Å²) in [7, 11) is 0. The Balaban J connectivity index is 1.77. The van der Waals surface area contributed by atoms with E-state index < -0.39 is 0 Å². The first-order valence-corrected chi connectivity index (χ1v) is 11.5. The van der Waals surface area contributed by atoms with Gasteiger partial charge < -0.3 is 0 Å². The van der Waals surface area contributed by atoms with Crippen molar-refractivity contribution in [1.29, 1.82) is 0 Å². The zero-order valence-corrected chi connectivity index (χ0v) is 18.2. The number of benzene rings is 4. The molecule has 2 aliphatic rings. The molecule has 2 aliphatic carbocycles. The Morgan fingerprint density at radius 1 is 0.750 bits per heavy atom. The van der Waals surface area contributed by atoms with Gasteiger partial charge in [-0.25, -0.2) is 4.39 Å². The average Bonchev–Trinajstić information content (AvgIpc) is 2.84. The summed E-state index contributed by atoms with van der Waals surface area (Å²) in [4.78, 5) is 0. The maximum absolute atomic E-state index is 14.3. The summed E-state index contributed by atoms with van der Waals surface area (Å²) < 4.78 is 14.3. The van der Waals surface area contributed by atoms with Crippen LogP contribution in [0.3, 0.4) is 0 Å². The van der Waals surface area contributed by atoms with Crippen molar-refractivity contribution < 1.29 is 4.39 Å². The van der Waals surface area contributed by atoms with Crippen LogP contribution < -0.4 is 10.4 Å². The Labute approximate surface area is 187 Å². The third-order valence-corrected chi connectivity index (χ3v) is 7.13. The fourth-order valence-corrected chi connectivity index (χ4v) is 5.67. The van der Waals surface area contributed by atoms with E-state index in [0.29, 0.717) is 0 Å². The number of halogens is 1. The summed E-state index contributed by atoms with van der Waals surface area (Å²) >= 11 is 0. The molecule has 0 radical (unpaired) electrons. The van der Waals surface area contributed by atoms with Crippen LogP contribution in [0.1, 0.15) is 46.6 Å². The predicted octanol–water partition coefficient (Wildman–Crippen LogP) is 5.88. The minimum atomic E-state index is -0.175. The number of rotatable bonds is 2. The van der Waals surface area contributed by atoms with Gasteiger partial charge in [-0.3, -0.25) is 0 Å². The molecule has 0 aromatic heterocycles. The number of hydrogen-bond acceptors (Lipinski definition) is 0. The molecule has 0 aliphatic heterocycles. The molecule has 156 valence electrons. The van der Waals surface area contributed by atoms with E-state index in [1.165, 1.54) is 43.8 Å². The molecule has 1 atom stereocenters. The Morgan fingerprint density at radius 2 is 1.53 bits per heavy atom. The van der Waals surface area contributed by atoms with E-state index in [-0.39, 0.29) is 11.7 Å². The lowest BCUT2D eigenvalue weighted by Crippen LogP contribution is -2.25. The molecule has 0 fully saturated rings. The van der Waals surface area contributed by atoms with Gasteiger partial charge in [0.05, 0.1) is 0 Å². The zero-order chi connectivity index (χ0) is 21.7. The summed E-state index contributed by atoms with van der Waals surface area (Å²) in [6.07, 6.45) is 5.64. The lowest BCUT2D eigenvalue weighted by molar-refractivity contribution is 0.626. The van der Waals surface area contributed by atoms with E-state index in [1.807, 2.05) is 6.07 Å². The highest BCUT2D eigenvalue weighted by atomic mass is 19.1. The molecule has 32 heavy (non-hydrogen) atoms. The highest BCUT2D eigenvalue weighted by Crippen LogP contribution is 2.34. The molecule has 0 saturated heterocycles. The molecular formula is C31H25F. The maximum Gasteiger partial charge on any atom is 0.123 e. The monoisotopic (exact) mass is 416 g/mol. The Hall–Kier alpha value is -3.45. The van der Waals surface area contributed by atoms with Crippen molar-refractivity contribution in [3.05, 3.63) is 139 Å². The fourth-order valence-electron chi connectivity index (χ4n) is 5.67. The fraction of sp³-hybridized carbons (Fsp3) is 0.161. The second-order valence-electron chi connectivity index (χ2n) is 8.99. The topological polar surface area (TPSA) is 0 Å². The van der Waals surface area contributed by atoms with Gasteiger partial charge in [-0.2, -0.15) is 0 Å². The summed E-state index contributed by atoms with van der Waals surface area (Å²) in [6.45, 7) is 2.20. The largest absolute Gasteiger partial charge is 0.207 e. The van der Waals surface area contributed by atoms with E-state index >= 15 is 0 Å². The number of hydrogen-bond donors (Lipinski definition) is 0. The lowest BCUT2D eigenvalue weighted by Gasteiger charge is -2.26. The lowest BCUT2D eigenvalue weighted by atomic mass is 9.77. The molecule has 1 unspecified atom stereocenters. The summed E-state index contributed by atoms with van der Waals surface area (Å²) in [5, 5.41) is 4.68. The first-order valence-electron chi connectivity index (χ1n) is 11.5. The van der Waals surface area contributed by atoms with E-state index in [0.717, 1.165) is 29.7 Å². The van der Waals surface area contributed by atoms with Gasteiger partial charge in [-0.15, -0.1) is 0 Å². The van der Waals surface area contributed by atoms with Crippen LogP contribution in [-0.4, -0.2) is 0 Å². The Kier molecular flexibility index (Phi) is 4.57. The van der Waals surface area contributed by atoms with Crippen LogP contribution in [-0.2, 0) is 6.42 Å². The molecule has 6 rings (SSSR count). The van der Waals surface area contributed by atoms with Crippen LogP contribution >= 0.6 is 0 Å². The molecule has 0 N–H and O–H groups in total. The minimum Gasteiger partial charge on any atom is -0.207 e. The number of aryl methyl sites for hydroxylation is 1. The van der Waals surface area contributed by atoms with Crippen molar-refractivity contribution in [2.75, 3.05) is 0 Å². The van der Waals surface area contributed by atoms with Gasteiger partial charge in [-0.1, -0.05) is 78.9 Å². The number of fused-ring (bicyclic) bond motifs is 4. The van der Waals surface area contributed by atoms with Crippen LogP contribution in [0.5, 0.6) is 0 Å². The molecule has 0 saturated carbocycles. The molecule has 0 spiro atoms. The van der Waals surface area contributed by atoms with Crippen molar-refractivity contribution in [2.24, 2.45) is 0 Å². The molecule has 1 heteroatoms. The Morgan fingerprint density at radius 3 is 2.38 bits per heavy atom. The first-order chi connectivity index (χ1) is 15.7. The van der Waals surface area contributed by atoms with Gasteiger partial charge in [-0.05, 0) is 92.6 Å². The third-order valence-electron chi connectivity index (χ3n) is 7.13. The minimum absolute atomic E-state index is 0.175. The second-order valence-corrected chi connectivity index (χ2v) is 8.99. The van der Waals surface area contributed by atoms with E-state index in [2.05, 4.69) is 79.7 Å². The second kappa shape index (κ2) is 7.60. The first kappa shape index (κ1) is 19.3. The van der Waals surface area contributed by atoms with Crippen molar-refractivity contribution in [3.8, 4) is 0 Å². The van der Waals surface area contributed by atoms with Crippen LogP contribution in [0.2, 0.25) is 0 Å². The van der Waals surface area contributed by atoms with Crippen LogP contribution in [0.15, 0.2) is 84.9 Å². The van der Waals surface area contributed by atoms with Crippen LogP contribution in [0, 0.1) is 23.2 Å². The van der Waals surface area contributed by atoms with Gasteiger partial charge in [0.1, 0.15) is 5.82 Å². The van der Waals surface area contributed by atoms with Crippen molar-refractivity contribution in [3.63, 3.8) is 0 Å². The van der Waals surface area contributed by atoms with E-state index in [4.69, 9.17) is 0 Å². The molecular weight excluding hydrogens is 391 g/mol. The highest BCUT2D eigenvalue weighted by molar-refractivity contribution is 5.71. The molecule has 4 aromatic carbocycles. The van der Waals surface area contributed by atoms with E-state index in [1.54, 1.807) is 12.1 Å². The standard InChI is InChI=1S/C31H25F/c1-20-8-5-6-11-24(20)25-12-7-13-27-26(25)16-17-28-29-19-23(32)15-14-22(29)18-30(31(27)28)21-9-3-2-4-10-21/h2-6,8-11,14-19,30H,7,12-13H2,1H3. The average molecular weight is 417 g/mol. The summed E-state index contributed by atoms with van der Waals surface area (Å²) in [6, 6.07) is 29.2. The predicted molar refractivity (Wildman–Crippen MR) is 129 cm³/mol. The van der Waals surface area contributed by atoms with Gasteiger partial charge in [0.2, 0.25) is 0 Å². The molecule has 0 amide bonds. The SMILES string of the molecule is Cc1ccccc1C1=c2ccc3c(c2CCC1)C(c1ccccc1)C=c1ccc(F)cc1=3. The van der Waals surface area contributed by atoms with Gasteiger partial charge in [0.25, 0.3) is 0 Å². The molecule has 0 bridgehead atoms. The maximum atomic E-state index is 14.3. The van der Waals surface area contributed by atoms with Crippen molar-refractivity contribution in [1.82, 2.24) is 0 Å². The zero-order valence-electron chi connectivity index (χ0n) is 18.2. The van der Waals surface area contributed by atoms with Crippen molar-refractivity contribution in [2.45, 2.75) is 32.1 Å². The summed E-state index contributed by atoms with van der Waals surface area (Å²) in [5.74, 6) is 0.00137. The quantitative estimate of drug-likeness (QED) is 0.383. The van der Waals surface area contributed by atoms with Gasteiger partial charge in [0, 0.05) is 5.92 Å². The Bertz CT molecular complexity index is 1560. The van der Waals surface area contributed by atoms with Gasteiger partial charge in [0.15, 0.2) is 0 Å². The molecule has 4 aromatic rings. The molecule has 0 heterocycles. The van der Waals surface area contributed by atoms with Crippen molar-refractivity contribution >= 4 is 11.6 Å². The highest BCUT2D eigenvalue weighted by Gasteiger charge is 2.23. The van der Waals surface area contributed by atoms with E-state index in [9.17, 15) is 4.39 Å². The smallest absolute Gasteiger partial charge is 0.123 e. The van der Waals surface area contributed by atoms with Crippen LogP contribution in [0.4, 0.5) is 4.39 Å². The van der Waals surface area contributed by atoms with Crippen LogP contribution in [0.25, 0.3) is 11.6 Å². The normalized spacial score (nSPS) is 16.6.